The quantitative estimate of drug-likeness (QED) is 0.825. The van der Waals surface area contributed by atoms with Gasteiger partial charge in [0.25, 0.3) is 0 Å². The van der Waals surface area contributed by atoms with Crippen LogP contribution in [0.25, 0.3) is 0 Å². The van der Waals surface area contributed by atoms with Crippen molar-refractivity contribution in [2.45, 2.75) is 25.7 Å². The van der Waals surface area contributed by atoms with Crippen LogP contribution in [0, 0.1) is 0 Å². The number of aromatic nitrogens is 1. The van der Waals surface area contributed by atoms with E-state index in [1.165, 1.54) is 25.9 Å². The van der Waals surface area contributed by atoms with Crippen molar-refractivity contribution >= 4 is 22.4 Å². The third-order valence-electron chi connectivity index (χ3n) is 3.41. The topological polar surface area (TPSA) is 56.7 Å². The van der Waals surface area contributed by atoms with E-state index in [0.29, 0.717) is 6.42 Å². The van der Waals surface area contributed by atoms with E-state index >= 15 is 0 Å². The standard InChI is InChI=1S/C13H21N3O2S/c1-15(8-9-16-6-2-3-7-16)13-14-11(10-19-13)4-5-12(17)18/h10H,2-9H2,1H3,(H,17,18). The number of carbonyl (C=O) groups is 1. The summed E-state index contributed by atoms with van der Waals surface area (Å²) in [5.41, 5.74) is 0.885. The highest BCUT2D eigenvalue weighted by molar-refractivity contribution is 7.13. The summed E-state index contributed by atoms with van der Waals surface area (Å²) in [6.07, 6.45) is 3.31. The van der Waals surface area contributed by atoms with Crippen molar-refractivity contribution < 1.29 is 9.90 Å². The molecule has 0 amide bonds. The smallest absolute Gasteiger partial charge is 0.303 e. The first-order valence-electron chi connectivity index (χ1n) is 6.75. The number of hydrogen-bond acceptors (Lipinski definition) is 5. The molecule has 0 radical (unpaired) electrons. The molecule has 0 bridgehead atoms. The van der Waals surface area contributed by atoms with Crippen LogP contribution >= 0.6 is 11.3 Å². The molecule has 6 heteroatoms. The maximum Gasteiger partial charge on any atom is 0.303 e. The van der Waals surface area contributed by atoms with Crippen LogP contribution < -0.4 is 4.90 Å². The van der Waals surface area contributed by atoms with Crippen LogP contribution in [0.4, 0.5) is 5.13 Å². The van der Waals surface area contributed by atoms with Crippen molar-refractivity contribution in [3.63, 3.8) is 0 Å². The second-order valence-electron chi connectivity index (χ2n) is 4.99. The van der Waals surface area contributed by atoms with Gasteiger partial charge in [-0.1, -0.05) is 0 Å². The van der Waals surface area contributed by atoms with Gasteiger partial charge in [-0.15, -0.1) is 11.3 Å². The molecule has 1 aromatic rings. The zero-order valence-corrected chi connectivity index (χ0v) is 12.2. The first kappa shape index (κ1) is 14.3. The predicted octanol–water partition coefficient (Wildman–Crippen LogP) is 1.69. The van der Waals surface area contributed by atoms with Crippen molar-refractivity contribution in [1.82, 2.24) is 9.88 Å². The molecule has 0 atom stereocenters. The Morgan fingerprint density at radius 2 is 2.26 bits per heavy atom. The number of carboxylic acid groups (broad SMARTS) is 1. The van der Waals surface area contributed by atoms with Crippen LogP contribution in [0.15, 0.2) is 5.38 Å². The molecule has 1 fully saturated rings. The van der Waals surface area contributed by atoms with Gasteiger partial charge in [0.05, 0.1) is 12.1 Å². The summed E-state index contributed by atoms with van der Waals surface area (Å²) < 4.78 is 0. The molecule has 5 nitrogen and oxygen atoms in total. The number of carboxylic acids is 1. The highest BCUT2D eigenvalue weighted by Gasteiger charge is 2.13. The Balaban J connectivity index is 1.78. The lowest BCUT2D eigenvalue weighted by molar-refractivity contribution is -0.136. The Kier molecular flexibility index (Phi) is 5.15. The van der Waals surface area contributed by atoms with Gasteiger partial charge in [-0.05, 0) is 25.9 Å². The Morgan fingerprint density at radius 1 is 1.53 bits per heavy atom. The second kappa shape index (κ2) is 6.86. The van der Waals surface area contributed by atoms with Gasteiger partial charge in [-0.25, -0.2) is 4.98 Å². The van der Waals surface area contributed by atoms with Crippen LogP contribution in [-0.4, -0.2) is 54.2 Å². The lowest BCUT2D eigenvalue weighted by Crippen LogP contribution is -2.31. The number of likely N-dealkylation sites (N-methyl/N-ethyl adjacent to an activating group) is 1. The first-order valence-corrected chi connectivity index (χ1v) is 7.63. The Bertz CT molecular complexity index is 416. The second-order valence-corrected chi connectivity index (χ2v) is 5.82. The molecule has 106 valence electrons. The fourth-order valence-electron chi connectivity index (χ4n) is 2.21. The molecular formula is C13H21N3O2S. The molecule has 0 aromatic carbocycles. The summed E-state index contributed by atoms with van der Waals surface area (Å²) in [5, 5.41) is 11.6. The summed E-state index contributed by atoms with van der Waals surface area (Å²) in [6, 6.07) is 0. The molecule has 1 saturated heterocycles. The van der Waals surface area contributed by atoms with Crippen molar-refractivity contribution in [1.29, 1.82) is 0 Å². The molecule has 1 aliphatic heterocycles. The summed E-state index contributed by atoms with van der Waals surface area (Å²) in [6.45, 7) is 4.50. The van der Waals surface area contributed by atoms with Crippen LogP contribution in [0.3, 0.4) is 0 Å². The van der Waals surface area contributed by atoms with Gasteiger partial charge in [0.15, 0.2) is 5.13 Å². The number of aliphatic carboxylic acids is 1. The average Bonchev–Trinajstić information content (AvgIpc) is 3.04. The van der Waals surface area contributed by atoms with Crippen molar-refractivity contribution in [3.05, 3.63) is 11.1 Å². The zero-order chi connectivity index (χ0) is 13.7. The van der Waals surface area contributed by atoms with Gasteiger partial charge < -0.3 is 14.9 Å². The highest BCUT2D eigenvalue weighted by Crippen LogP contribution is 2.20. The number of likely N-dealkylation sites (tertiary alicyclic amines) is 1. The number of nitrogens with zero attached hydrogens (tertiary/aromatic N) is 3. The fraction of sp³-hybridized carbons (Fsp3) is 0.692. The molecule has 2 rings (SSSR count). The molecule has 1 aliphatic rings. The van der Waals surface area contributed by atoms with E-state index in [1.807, 2.05) is 5.38 Å². The first-order chi connectivity index (χ1) is 9.15. The maximum absolute atomic E-state index is 10.5. The maximum atomic E-state index is 10.5. The van der Waals surface area contributed by atoms with E-state index in [-0.39, 0.29) is 6.42 Å². The Morgan fingerprint density at radius 3 is 2.95 bits per heavy atom. The minimum absolute atomic E-state index is 0.153. The molecule has 0 unspecified atom stereocenters. The summed E-state index contributed by atoms with van der Waals surface area (Å²) in [4.78, 5) is 19.7. The SMILES string of the molecule is CN(CCN1CCCC1)c1nc(CCC(=O)O)cs1. The van der Waals surface area contributed by atoms with E-state index in [4.69, 9.17) is 5.11 Å². The Hall–Kier alpha value is -1.14. The largest absolute Gasteiger partial charge is 0.481 e. The molecule has 19 heavy (non-hydrogen) atoms. The van der Waals surface area contributed by atoms with Crippen molar-refractivity contribution in [2.24, 2.45) is 0 Å². The molecular weight excluding hydrogens is 262 g/mol. The molecule has 2 heterocycles. The fourth-order valence-corrected chi connectivity index (χ4v) is 3.07. The van der Waals surface area contributed by atoms with Gasteiger partial charge in [0.1, 0.15) is 0 Å². The van der Waals surface area contributed by atoms with E-state index in [9.17, 15) is 4.79 Å². The van der Waals surface area contributed by atoms with Crippen LogP contribution in [-0.2, 0) is 11.2 Å². The van der Waals surface area contributed by atoms with E-state index in [2.05, 4.69) is 21.8 Å². The normalized spacial score (nSPS) is 15.8. The van der Waals surface area contributed by atoms with Crippen molar-refractivity contribution in [3.8, 4) is 0 Å². The summed E-state index contributed by atoms with van der Waals surface area (Å²) in [5.74, 6) is -0.767. The average molecular weight is 283 g/mol. The third-order valence-corrected chi connectivity index (χ3v) is 4.42. The number of rotatable bonds is 7. The van der Waals surface area contributed by atoms with Gasteiger partial charge in [-0.2, -0.15) is 0 Å². The number of aryl methyl sites for hydroxylation is 1. The predicted molar refractivity (Wildman–Crippen MR) is 77.0 cm³/mol. The number of thiazole rings is 1. The van der Waals surface area contributed by atoms with Crippen LogP contribution in [0.2, 0.25) is 0 Å². The van der Waals surface area contributed by atoms with Gasteiger partial charge in [0, 0.05) is 31.9 Å². The summed E-state index contributed by atoms with van der Waals surface area (Å²) in [7, 11) is 2.05. The lowest BCUT2D eigenvalue weighted by Gasteiger charge is -2.20. The minimum Gasteiger partial charge on any atom is -0.481 e. The van der Waals surface area contributed by atoms with Gasteiger partial charge in [0.2, 0.25) is 0 Å². The van der Waals surface area contributed by atoms with Crippen LogP contribution in [0.1, 0.15) is 25.0 Å². The molecule has 0 saturated carbocycles. The minimum atomic E-state index is -0.767. The van der Waals surface area contributed by atoms with E-state index in [0.717, 1.165) is 23.9 Å². The van der Waals surface area contributed by atoms with E-state index in [1.54, 1.807) is 11.3 Å². The lowest BCUT2D eigenvalue weighted by atomic mass is 10.2. The third kappa shape index (κ3) is 4.47. The monoisotopic (exact) mass is 283 g/mol. The number of hydrogen-bond donors (Lipinski definition) is 1. The molecule has 1 N–H and O–H groups in total. The summed E-state index contributed by atoms with van der Waals surface area (Å²) >= 11 is 1.60. The molecule has 0 spiro atoms. The molecule has 0 aliphatic carbocycles. The van der Waals surface area contributed by atoms with Gasteiger partial charge >= 0.3 is 5.97 Å². The highest BCUT2D eigenvalue weighted by atomic mass is 32.1. The van der Waals surface area contributed by atoms with Gasteiger partial charge in [-0.3, -0.25) is 4.79 Å². The van der Waals surface area contributed by atoms with Crippen LogP contribution in [0.5, 0.6) is 0 Å². The van der Waals surface area contributed by atoms with E-state index < -0.39 is 5.97 Å². The number of anilines is 1. The zero-order valence-electron chi connectivity index (χ0n) is 11.3. The van der Waals surface area contributed by atoms with Crippen molar-refractivity contribution in [2.75, 3.05) is 38.1 Å². The Labute approximate surface area is 117 Å². The molecule has 1 aromatic heterocycles.